The molecule has 1 aromatic rings. The number of carbonyl (C=O) groups excluding carboxylic acids is 2. The van der Waals surface area contributed by atoms with E-state index in [0.717, 1.165) is 0 Å². The maximum Gasteiger partial charge on any atom is 0.242 e. The van der Waals surface area contributed by atoms with Gasteiger partial charge in [-0.05, 0) is 38.1 Å². The fourth-order valence-corrected chi connectivity index (χ4v) is 2.43. The second-order valence-electron chi connectivity index (χ2n) is 5.64. The van der Waals surface area contributed by atoms with Gasteiger partial charge in [-0.1, -0.05) is 0 Å². The molecule has 1 aliphatic rings. The van der Waals surface area contributed by atoms with Crippen LogP contribution in [0.4, 0.5) is 4.39 Å². The van der Waals surface area contributed by atoms with Gasteiger partial charge in [-0.15, -0.1) is 0 Å². The third-order valence-corrected chi connectivity index (χ3v) is 3.87. The molecule has 0 aliphatic carbocycles. The molecule has 5 heteroatoms. The number of hydrogen-bond acceptors (Lipinski definition) is 3. The summed E-state index contributed by atoms with van der Waals surface area (Å²) in [6.07, 6.45) is 0. The number of nitrogens with zero attached hydrogens (tertiary/aromatic N) is 2. The molecule has 1 heterocycles. The van der Waals surface area contributed by atoms with Gasteiger partial charge in [-0.3, -0.25) is 14.5 Å². The first-order chi connectivity index (χ1) is 9.32. The lowest BCUT2D eigenvalue weighted by atomic mass is 9.96. The van der Waals surface area contributed by atoms with Crippen LogP contribution in [0, 0.1) is 5.82 Å². The van der Waals surface area contributed by atoms with Gasteiger partial charge in [0.25, 0.3) is 0 Å². The quantitative estimate of drug-likeness (QED) is 0.788. The normalized spacial score (nSPS) is 19.2. The Balaban J connectivity index is 2.11. The Hall–Kier alpha value is -1.75. The highest BCUT2D eigenvalue weighted by Gasteiger charge is 2.40. The van der Waals surface area contributed by atoms with Crippen molar-refractivity contribution < 1.29 is 14.0 Å². The Morgan fingerprint density at radius 2 is 1.85 bits per heavy atom. The van der Waals surface area contributed by atoms with E-state index in [0.29, 0.717) is 18.7 Å². The van der Waals surface area contributed by atoms with Gasteiger partial charge in [-0.25, -0.2) is 4.39 Å². The summed E-state index contributed by atoms with van der Waals surface area (Å²) in [5, 5.41) is 0. The van der Waals surface area contributed by atoms with E-state index in [4.69, 9.17) is 0 Å². The smallest absolute Gasteiger partial charge is 0.242 e. The molecule has 0 N–H and O–H groups in total. The minimum Gasteiger partial charge on any atom is -0.343 e. The molecule has 1 aliphatic heterocycles. The summed E-state index contributed by atoms with van der Waals surface area (Å²) < 4.78 is 12.9. The Morgan fingerprint density at radius 3 is 2.45 bits per heavy atom. The lowest BCUT2D eigenvalue weighted by molar-refractivity contribution is -0.146. The molecule has 0 saturated carbocycles. The van der Waals surface area contributed by atoms with Gasteiger partial charge in [0.2, 0.25) is 5.91 Å². The van der Waals surface area contributed by atoms with E-state index >= 15 is 0 Å². The minimum atomic E-state index is -0.692. The molecule has 20 heavy (non-hydrogen) atoms. The molecule has 1 amide bonds. The maximum atomic E-state index is 12.9. The van der Waals surface area contributed by atoms with Crippen molar-refractivity contribution in [1.82, 2.24) is 9.80 Å². The van der Waals surface area contributed by atoms with Crippen LogP contribution in [0.15, 0.2) is 24.3 Å². The van der Waals surface area contributed by atoms with Crippen LogP contribution in [0.25, 0.3) is 0 Å². The molecule has 1 aromatic carbocycles. The van der Waals surface area contributed by atoms with Crippen LogP contribution in [0.3, 0.4) is 0 Å². The molecule has 0 atom stereocenters. The third-order valence-electron chi connectivity index (χ3n) is 3.87. The molecule has 0 unspecified atom stereocenters. The van der Waals surface area contributed by atoms with Gasteiger partial charge in [0.1, 0.15) is 5.82 Å². The van der Waals surface area contributed by atoms with Crippen LogP contribution in [0.1, 0.15) is 24.2 Å². The summed E-state index contributed by atoms with van der Waals surface area (Å²) >= 11 is 0. The van der Waals surface area contributed by atoms with Gasteiger partial charge in [0.15, 0.2) is 5.78 Å². The van der Waals surface area contributed by atoms with Crippen LogP contribution in [0.5, 0.6) is 0 Å². The number of carbonyl (C=O) groups is 2. The Bertz CT molecular complexity index is 525. The van der Waals surface area contributed by atoms with Crippen molar-refractivity contribution >= 4 is 11.7 Å². The monoisotopic (exact) mass is 278 g/mol. The highest BCUT2D eigenvalue weighted by Crippen LogP contribution is 2.22. The van der Waals surface area contributed by atoms with Crippen LogP contribution in [-0.2, 0) is 4.79 Å². The molecule has 108 valence electrons. The number of Topliss-reactive ketones (excluding diaryl/α,β-unsaturated/α-hetero) is 1. The van der Waals surface area contributed by atoms with Crippen molar-refractivity contribution in [2.75, 3.05) is 26.7 Å². The maximum absolute atomic E-state index is 12.9. The summed E-state index contributed by atoms with van der Waals surface area (Å²) in [5.41, 5.74) is -0.226. The standard InChI is InChI=1S/C15H19FN2O2/c1-15(2)14(20)17(3)8-9-18(15)10-13(19)11-4-6-12(16)7-5-11/h4-7H,8-10H2,1-3H3. The molecule has 0 radical (unpaired) electrons. The summed E-state index contributed by atoms with van der Waals surface area (Å²) in [5.74, 6) is -0.456. The zero-order chi connectivity index (χ0) is 14.9. The highest BCUT2D eigenvalue weighted by molar-refractivity contribution is 5.98. The number of benzene rings is 1. The van der Waals surface area contributed by atoms with Crippen LogP contribution >= 0.6 is 0 Å². The number of hydrogen-bond donors (Lipinski definition) is 0. The molecule has 1 saturated heterocycles. The Labute approximate surface area is 118 Å². The van der Waals surface area contributed by atoms with Gasteiger partial charge in [-0.2, -0.15) is 0 Å². The van der Waals surface area contributed by atoms with Gasteiger partial charge in [0.05, 0.1) is 12.1 Å². The van der Waals surface area contributed by atoms with Crippen molar-refractivity contribution in [2.45, 2.75) is 19.4 Å². The SMILES string of the molecule is CN1CCN(CC(=O)c2ccc(F)cc2)C(C)(C)C1=O. The molecule has 4 nitrogen and oxygen atoms in total. The first kappa shape index (κ1) is 14.7. The zero-order valence-corrected chi connectivity index (χ0v) is 12.0. The Morgan fingerprint density at radius 1 is 1.25 bits per heavy atom. The molecule has 0 aromatic heterocycles. The molecule has 1 fully saturated rings. The third kappa shape index (κ3) is 2.72. The number of ketones is 1. The lowest BCUT2D eigenvalue weighted by Gasteiger charge is -2.44. The number of halogens is 1. The largest absolute Gasteiger partial charge is 0.343 e. The van der Waals surface area contributed by atoms with E-state index in [1.807, 2.05) is 18.7 Å². The molecule has 2 rings (SSSR count). The first-order valence-electron chi connectivity index (χ1n) is 6.62. The zero-order valence-electron chi connectivity index (χ0n) is 12.0. The fraction of sp³-hybridized carbons (Fsp3) is 0.467. The Kier molecular flexibility index (Phi) is 3.90. The van der Waals surface area contributed by atoms with Gasteiger partial charge >= 0.3 is 0 Å². The van der Waals surface area contributed by atoms with Crippen molar-refractivity contribution in [2.24, 2.45) is 0 Å². The summed E-state index contributed by atoms with van der Waals surface area (Å²) in [6, 6.07) is 5.49. The minimum absolute atomic E-state index is 0.00987. The second kappa shape index (κ2) is 5.32. The summed E-state index contributed by atoms with van der Waals surface area (Å²) in [4.78, 5) is 27.9. The van der Waals surface area contributed by atoms with E-state index < -0.39 is 5.54 Å². The van der Waals surface area contributed by atoms with Gasteiger partial charge in [0, 0.05) is 25.7 Å². The average molecular weight is 278 g/mol. The van der Waals surface area contributed by atoms with E-state index in [1.54, 1.807) is 11.9 Å². The van der Waals surface area contributed by atoms with Crippen molar-refractivity contribution in [1.29, 1.82) is 0 Å². The van der Waals surface area contributed by atoms with Crippen LogP contribution in [0.2, 0.25) is 0 Å². The van der Waals surface area contributed by atoms with Crippen LogP contribution < -0.4 is 0 Å². The number of amides is 1. The van der Waals surface area contributed by atoms with E-state index in [-0.39, 0.29) is 24.1 Å². The fourth-order valence-electron chi connectivity index (χ4n) is 2.43. The van der Waals surface area contributed by atoms with E-state index in [1.165, 1.54) is 24.3 Å². The highest BCUT2D eigenvalue weighted by atomic mass is 19.1. The first-order valence-corrected chi connectivity index (χ1v) is 6.62. The van der Waals surface area contributed by atoms with Crippen molar-refractivity contribution in [3.05, 3.63) is 35.6 Å². The second-order valence-corrected chi connectivity index (χ2v) is 5.64. The summed E-state index contributed by atoms with van der Waals surface area (Å²) in [6.45, 7) is 5.07. The lowest BCUT2D eigenvalue weighted by Crippen LogP contribution is -2.62. The van der Waals surface area contributed by atoms with E-state index in [2.05, 4.69) is 0 Å². The van der Waals surface area contributed by atoms with Crippen molar-refractivity contribution in [3.8, 4) is 0 Å². The molecular weight excluding hydrogens is 259 g/mol. The molecule has 0 spiro atoms. The topological polar surface area (TPSA) is 40.6 Å². The molecular formula is C15H19FN2O2. The van der Waals surface area contributed by atoms with E-state index in [9.17, 15) is 14.0 Å². The van der Waals surface area contributed by atoms with Crippen molar-refractivity contribution in [3.63, 3.8) is 0 Å². The number of piperazine rings is 1. The van der Waals surface area contributed by atoms with Crippen LogP contribution in [-0.4, -0.2) is 53.7 Å². The summed E-state index contributed by atoms with van der Waals surface area (Å²) in [7, 11) is 1.77. The number of likely N-dealkylation sites (N-methyl/N-ethyl adjacent to an activating group) is 1. The number of rotatable bonds is 3. The predicted molar refractivity (Wildman–Crippen MR) is 74.0 cm³/mol. The predicted octanol–water partition coefficient (Wildman–Crippen LogP) is 1.56. The average Bonchev–Trinajstić information content (AvgIpc) is 2.40. The molecule has 0 bridgehead atoms. The van der Waals surface area contributed by atoms with Gasteiger partial charge < -0.3 is 4.90 Å².